The smallest absolute Gasteiger partial charge is 0.106 e. The third kappa shape index (κ3) is 2.11. The molecule has 0 saturated heterocycles. The van der Waals surface area contributed by atoms with Gasteiger partial charge in [0, 0.05) is 24.2 Å². The minimum absolute atomic E-state index is 0.0608. The van der Waals surface area contributed by atoms with Gasteiger partial charge in [-0.25, -0.2) is 0 Å². The number of aliphatic hydroxyl groups is 7. The number of hydrogen-bond acceptors (Lipinski definition) is 7. The van der Waals surface area contributed by atoms with Crippen LogP contribution in [0.15, 0.2) is 0 Å². The zero-order chi connectivity index (χ0) is 20.4. The lowest BCUT2D eigenvalue weighted by atomic mass is 9.56. The third-order valence-corrected chi connectivity index (χ3v) is 9.08. The molecule has 0 aromatic heterocycles. The van der Waals surface area contributed by atoms with Crippen molar-refractivity contribution in [1.29, 1.82) is 0 Å². The molecular weight excluding hydrogens is 352 g/mol. The molecule has 11 atom stereocenters. The molecule has 0 aromatic rings. The van der Waals surface area contributed by atoms with Gasteiger partial charge in [-0.05, 0) is 44.4 Å². The summed E-state index contributed by atoms with van der Waals surface area (Å²) < 4.78 is 0. The van der Waals surface area contributed by atoms with Crippen LogP contribution in [0.1, 0.15) is 53.4 Å². The van der Waals surface area contributed by atoms with E-state index in [1.165, 1.54) is 6.92 Å². The summed E-state index contributed by atoms with van der Waals surface area (Å²) >= 11 is 0. The molecule has 3 unspecified atom stereocenters. The predicted octanol–water partition coefficient (Wildman–Crippen LogP) is -0.861. The van der Waals surface area contributed by atoms with Crippen LogP contribution in [0, 0.1) is 29.1 Å². The second kappa shape index (κ2) is 5.25. The lowest BCUT2D eigenvalue weighted by Gasteiger charge is -2.55. The first kappa shape index (κ1) is 20.0. The minimum atomic E-state index is -2.00. The van der Waals surface area contributed by atoms with E-state index in [1.807, 2.05) is 0 Å². The number of hydrogen-bond donors (Lipinski definition) is 7. The maximum Gasteiger partial charge on any atom is 0.106 e. The molecule has 4 aliphatic rings. The molecule has 4 saturated carbocycles. The number of rotatable bonds is 0. The first-order valence-electron chi connectivity index (χ1n) is 10.1. The van der Waals surface area contributed by atoms with E-state index in [0.29, 0.717) is 12.8 Å². The Bertz CT molecular complexity index is 646. The molecule has 4 aliphatic carbocycles. The van der Waals surface area contributed by atoms with Crippen molar-refractivity contribution in [2.24, 2.45) is 29.1 Å². The topological polar surface area (TPSA) is 142 Å². The molecule has 7 N–H and O–H groups in total. The third-order valence-electron chi connectivity index (χ3n) is 9.08. The highest BCUT2D eigenvalue weighted by atomic mass is 16.4. The van der Waals surface area contributed by atoms with Gasteiger partial charge in [0.2, 0.25) is 0 Å². The second-order valence-electron chi connectivity index (χ2n) is 10.9. The van der Waals surface area contributed by atoms with Crippen molar-refractivity contribution in [3.8, 4) is 0 Å². The quantitative estimate of drug-likeness (QED) is 0.287. The molecule has 0 bridgehead atoms. The average molecular weight is 386 g/mol. The highest BCUT2D eigenvalue weighted by molar-refractivity contribution is 5.26. The summed E-state index contributed by atoms with van der Waals surface area (Å²) in [7, 11) is 0. The Labute approximate surface area is 159 Å². The van der Waals surface area contributed by atoms with Crippen LogP contribution < -0.4 is 0 Å². The SMILES string of the molecule is CC1(O)C[C@@]2(O)C[C@@H](O)[C@@]3(O)[C@@H]([C@@H](O)[C@H](O)C3(C)C)[C@](C)(O)[C@@H]3CCC1C32. The standard InChI is InChI=1S/C20H34O7/c1-16(2)15(23)13(22)14-18(4,25)10-6-5-9-12(10)19(26,8-17(9,3)24)7-11(21)20(14,16)27/h9-15,21-27H,5-8H2,1-4H3/t9?,10-,11-,12?,13-,14+,15+,17?,18-,19+,20-/m1/s1. The Balaban J connectivity index is 1.92. The van der Waals surface area contributed by atoms with Crippen LogP contribution in [-0.4, -0.2) is 76.5 Å². The molecule has 0 spiro atoms. The predicted molar refractivity (Wildman–Crippen MR) is 95.4 cm³/mol. The van der Waals surface area contributed by atoms with Crippen molar-refractivity contribution in [3.63, 3.8) is 0 Å². The maximum absolute atomic E-state index is 11.7. The van der Waals surface area contributed by atoms with Crippen molar-refractivity contribution >= 4 is 0 Å². The molecule has 156 valence electrons. The number of fused-ring (bicyclic) bond motifs is 1. The van der Waals surface area contributed by atoms with E-state index in [9.17, 15) is 35.7 Å². The Morgan fingerprint density at radius 2 is 1.37 bits per heavy atom. The van der Waals surface area contributed by atoms with E-state index in [1.54, 1.807) is 20.8 Å². The largest absolute Gasteiger partial charge is 0.390 e. The Morgan fingerprint density at radius 3 is 1.96 bits per heavy atom. The molecular formula is C20H34O7. The van der Waals surface area contributed by atoms with Gasteiger partial charge >= 0.3 is 0 Å². The lowest BCUT2D eigenvalue weighted by Crippen LogP contribution is -2.67. The molecule has 0 aliphatic heterocycles. The van der Waals surface area contributed by atoms with E-state index in [-0.39, 0.29) is 18.8 Å². The first-order chi connectivity index (χ1) is 12.1. The lowest BCUT2D eigenvalue weighted by molar-refractivity contribution is -0.253. The molecule has 7 nitrogen and oxygen atoms in total. The number of aliphatic hydroxyl groups excluding tert-OH is 3. The zero-order valence-electron chi connectivity index (χ0n) is 16.5. The van der Waals surface area contributed by atoms with Gasteiger partial charge in [-0.15, -0.1) is 0 Å². The van der Waals surface area contributed by atoms with Crippen LogP contribution in [-0.2, 0) is 0 Å². The summed E-state index contributed by atoms with van der Waals surface area (Å²) in [5.74, 6) is -2.33. The van der Waals surface area contributed by atoms with E-state index in [2.05, 4.69) is 0 Å². The Morgan fingerprint density at radius 1 is 0.815 bits per heavy atom. The van der Waals surface area contributed by atoms with Crippen molar-refractivity contribution in [2.75, 3.05) is 0 Å². The van der Waals surface area contributed by atoms with E-state index in [4.69, 9.17) is 0 Å². The molecule has 0 amide bonds. The van der Waals surface area contributed by atoms with Gasteiger partial charge in [0.15, 0.2) is 0 Å². The molecule has 4 fully saturated rings. The molecule has 0 aromatic carbocycles. The van der Waals surface area contributed by atoms with Gasteiger partial charge in [0.05, 0.1) is 35.1 Å². The summed E-state index contributed by atoms with van der Waals surface area (Å²) in [6, 6.07) is 0. The highest BCUT2D eigenvalue weighted by Crippen LogP contribution is 2.67. The van der Waals surface area contributed by atoms with Crippen molar-refractivity contribution in [3.05, 3.63) is 0 Å². The average Bonchev–Trinajstić information content (AvgIpc) is 3.09. The van der Waals surface area contributed by atoms with Crippen LogP contribution in [0.25, 0.3) is 0 Å². The van der Waals surface area contributed by atoms with E-state index < -0.39 is 63.9 Å². The van der Waals surface area contributed by atoms with Crippen molar-refractivity contribution in [2.45, 2.75) is 94.1 Å². The fourth-order valence-electron chi connectivity index (χ4n) is 7.83. The Kier molecular flexibility index (Phi) is 3.89. The van der Waals surface area contributed by atoms with Crippen LogP contribution in [0.5, 0.6) is 0 Å². The summed E-state index contributed by atoms with van der Waals surface area (Å²) in [5.41, 5.74) is -7.50. The van der Waals surface area contributed by atoms with Crippen molar-refractivity contribution < 1.29 is 35.7 Å². The summed E-state index contributed by atoms with van der Waals surface area (Å²) in [6.45, 7) is 6.33. The van der Waals surface area contributed by atoms with Gasteiger partial charge < -0.3 is 35.7 Å². The fourth-order valence-corrected chi connectivity index (χ4v) is 7.83. The molecule has 7 heteroatoms. The first-order valence-corrected chi connectivity index (χ1v) is 10.1. The van der Waals surface area contributed by atoms with E-state index in [0.717, 1.165) is 0 Å². The van der Waals surface area contributed by atoms with Gasteiger partial charge in [-0.3, -0.25) is 0 Å². The molecule has 27 heavy (non-hydrogen) atoms. The van der Waals surface area contributed by atoms with Crippen LogP contribution in [0.2, 0.25) is 0 Å². The summed E-state index contributed by atoms with van der Waals surface area (Å²) in [4.78, 5) is 0. The van der Waals surface area contributed by atoms with Gasteiger partial charge in [0.25, 0.3) is 0 Å². The molecule has 4 rings (SSSR count). The van der Waals surface area contributed by atoms with Crippen LogP contribution in [0.3, 0.4) is 0 Å². The Hall–Kier alpha value is -0.280. The van der Waals surface area contributed by atoms with Gasteiger partial charge in [-0.1, -0.05) is 13.8 Å². The molecule has 0 radical (unpaired) electrons. The zero-order valence-corrected chi connectivity index (χ0v) is 16.5. The molecule has 0 heterocycles. The fraction of sp³-hybridized carbons (Fsp3) is 1.00. The maximum atomic E-state index is 11.7. The second-order valence-corrected chi connectivity index (χ2v) is 10.9. The van der Waals surface area contributed by atoms with Gasteiger partial charge in [-0.2, -0.15) is 0 Å². The summed E-state index contributed by atoms with van der Waals surface area (Å²) in [5, 5.41) is 78.3. The highest BCUT2D eigenvalue weighted by Gasteiger charge is 2.77. The van der Waals surface area contributed by atoms with E-state index >= 15 is 0 Å². The minimum Gasteiger partial charge on any atom is -0.390 e. The van der Waals surface area contributed by atoms with Crippen LogP contribution >= 0.6 is 0 Å². The van der Waals surface area contributed by atoms with Crippen LogP contribution in [0.4, 0.5) is 0 Å². The van der Waals surface area contributed by atoms with Crippen molar-refractivity contribution in [1.82, 2.24) is 0 Å². The van der Waals surface area contributed by atoms with Gasteiger partial charge in [0.1, 0.15) is 5.60 Å². The monoisotopic (exact) mass is 386 g/mol. The normalized spacial score (nSPS) is 64.8. The summed E-state index contributed by atoms with van der Waals surface area (Å²) in [6.07, 6.45) is -3.19.